The summed E-state index contributed by atoms with van der Waals surface area (Å²) in [6.45, 7) is 1.39. The van der Waals surface area contributed by atoms with Gasteiger partial charge in [0.2, 0.25) is 0 Å². The molecule has 1 atom stereocenters. The van der Waals surface area contributed by atoms with E-state index in [0.29, 0.717) is 0 Å². The molecule has 1 heterocycles. The van der Waals surface area contributed by atoms with Gasteiger partial charge in [-0.1, -0.05) is 24.3 Å². The number of fused-ring (bicyclic) bond motifs is 1. The molecule has 2 aromatic carbocycles. The summed E-state index contributed by atoms with van der Waals surface area (Å²) in [5.41, 5.74) is -0.992. The average Bonchev–Trinajstić information content (AvgIpc) is 2.56. The zero-order valence-corrected chi connectivity index (χ0v) is 16.3. The quantitative estimate of drug-likeness (QED) is 0.547. The Balaban J connectivity index is 0.00000261. The molecule has 1 aliphatic heterocycles. The SMILES string of the molecule is Cc1ccc(F)cc1OC1(C(F)(F)F)Oc2ccccc2C=C1C(=O)[O-].[Na+]. The molecule has 0 aliphatic carbocycles. The zero-order chi connectivity index (χ0) is 19.1. The van der Waals surface area contributed by atoms with Crippen molar-refractivity contribution in [2.45, 2.75) is 18.9 Å². The number of aryl methyl sites for hydroxylation is 1. The van der Waals surface area contributed by atoms with E-state index in [1.165, 1.54) is 37.3 Å². The van der Waals surface area contributed by atoms with E-state index in [4.69, 9.17) is 9.47 Å². The predicted molar refractivity (Wildman–Crippen MR) is 80.6 cm³/mol. The molecule has 1 unspecified atom stereocenters. The molecule has 3 rings (SSSR count). The molecule has 0 amide bonds. The number of rotatable bonds is 3. The van der Waals surface area contributed by atoms with Crippen molar-refractivity contribution in [3.05, 3.63) is 65.0 Å². The van der Waals surface area contributed by atoms with E-state index in [1.54, 1.807) is 0 Å². The molecule has 1 aliphatic rings. The van der Waals surface area contributed by atoms with E-state index in [0.717, 1.165) is 18.2 Å². The Hall–Kier alpha value is -2.03. The standard InChI is InChI=1S/C18H12F4O4.Na/c1-10-6-7-12(19)9-15(10)26-17(18(20,21)22)13(16(23)24)8-11-4-2-3-5-14(11)25-17;/h2-9H,1H3,(H,23,24);/q;+1/p-1. The van der Waals surface area contributed by atoms with Crippen LogP contribution in [0.25, 0.3) is 6.08 Å². The maximum absolute atomic E-state index is 13.9. The number of para-hydroxylation sites is 1. The van der Waals surface area contributed by atoms with E-state index < -0.39 is 35.1 Å². The normalized spacial score (nSPS) is 18.5. The van der Waals surface area contributed by atoms with Crippen LogP contribution in [0.1, 0.15) is 11.1 Å². The van der Waals surface area contributed by atoms with Gasteiger partial charge >= 0.3 is 41.5 Å². The molecule has 0 spiro atoms. The van der Waals surface area contributed by atoms with Gasteiger partial charge in [-0.3, -0.25) is 0 Å². The fourth-order valence-corrected chi connectivity index (χ4v) is 2.53. The molecule has 4 nitrogen and oxygen atoms in total. The Labute approximate surface area is 173 Å². The number of carbonyl (C=O) groups is 1. The summed E-state index contributed by atoms with van der Waals surface area (Å²) < 4.78 is 65.3. The van der Waals surface area contributed by atoms with Crippen molar-refractivity contribution in [1.82, 2.24) is 0 Å². The molecule has 0 bridgehead atoms. The first-order valence-electron chi connectivity index (χ1n) is 7.37. The van der Waals surface area contributed by atoms with Crippen molar-refractivity contribution in [2.75, 3.05) is 0 Å². The molecule has 9 heteroatoms. The number of ether oxygens (including phenoxy) is 2. The maximum atomic E-state index is 13.9. The molecule has 0 saturated carbocycles. The van der Waals surface area contributed by atoms with Crippen molar-refractivity contribution in [3.63, 3.8) is 0 Å². The Morgan fingerprint density at radius 2 is 1.85 bits per heavy atom. The van der Waals surface area contributed by atoms with E-state index in [-0.39, 0.29) is 46.4 Å². The molecule has 0 saturated heterocycles. The molecule has 136 valence electrons. The minimum atomic E-state index is -5.30. The number of carboxylic acid groups (broad SMARTS) is 1. The van der Waals surface area contributed by atoms with Crippen LogP contribution in [0.3, 0.4) is 0 Å². The van der Waals surface area contributed by atoms with Crippen molar-refractivity contribution in [2.24, 2.45) is 0 Å². The molecular weight excluding hydrogens is 379 g/mol. The first-order valence-corrected chi connectivity index (χ1v) is 7.37. The molecule has 2 aromatic rings. The molecule has 0 aromatic heterocycles. The van der Waals surface area contributed by atoms with Gasteiger partial charge in [0.25, 0.3) is 0 Å². The summed E-state index contributed by atoms with van der Waals surface area (Å²) >= 11 is 0. The summed E-state index contributed by atoms with van der Waals surface area (Å²) in [5, 5.41) is 11.5. The van der Waals surface area contributed by atoms with Crippen LogP contribution in [-0.2, 0) is 4.79 Å². The number of carboxylic acids is 1. The van der Waals surface area contributed by atoms with Crippen molar-refractivity contribution in [1.29, 1.82) is 0 Å². The first kappa shape index (κ1) is 21.3. The van der Waals surface area contributed by atoms with Gasteiger partial charge in [-0.05, 0) is 30.7 Å². The second-order valence-electron chi connectivity index (χ2n) is 5.61. The second kappa shape index (κ2) is 7.53. The third kappa shape index (κ3) is 3.83. The Morgan fingerprint density at radius 3 is 2.48 bits per heavy atom. The Kier molecular flexibility index (Phi) is 5.94. The summed E-state index contributed by atoms with van der Waals surface area (Å²) in [4.78, 5) is 11.5. The van der Waals surface area contributed by atoms with Crippen molar-refractivity contribution >= 4 is 12.0 Å². The smallest absolute Gasteiger partial charge is 0.545 e. The van der Waals surface area contributed by atoms with E-state index in [9.17, 15) is 27.5 Å². The third-order valence-electron chi connectivity index (χ3n) is 3.82. The van der Waals surface area contributed by atoms with Gasteiger partial charge in [0.05, 0.1) is 11.5 Å². The van der Waals surface area contributed by atoms with Gasteiger partial charge < -0.3 is 19.4 Å². The molecule has 0 radical (unpaired) electrons. The van der Waals surface area contributed by atoms with E-state index >= 15 is 0 Å². The van der Waals surface area contributed by atoms with Crippen LogP contribution in [0, 0.1) is 12.7 Å². The minimum Gasteiger partial charge on any atom is -0.545 e. The maximum Gasteiger partial charge on any atom is 1.00 e. The minimum absolute atomic E-state index is 0. The summed E-state index contributed by atoms with van der Waals surface area (Å²) in [6, 6.07) is 8.50. The second-order valence-corrected chi connectivity index (χ2v) is 5.61. The molecule has 27 heavy (non-hydrogen) atoms. The Morgan fingerprint density at radius 1 is 1.19 bits per heavy atom. The third-order valence-corrected chi connectivity index (χ3v) is 3.82. The fourth-order valence-electron chi connectivity index (χ4n) is 2.53. The zero-order valence-electron chi connectivity index (χ0n) is 14.3. The van der Waals surface area contributed by atoms with Crippen molar-refractivity contribution < 1.29 is 66.5 Å². The Bertz CT molecular complexity index is 910. The van der Waals surface area contributed by atoms with Gasteiger partial charge in [0.15, 0.2) is 0 Å². The monoisotopic (exact) mass is 390 g/mol. The fraction of sp³-hybridized carbons (Fsp3) is 0.167. The van der Waals surface area contributed by atoms with Crippen LogP contribution in [0.2, 0.25) is 0 Å². The number of hydrogen-bond donors (Lipinski definition) is 0. The topological polar surface area (TPSA) is 58.6 Å². The van der Waals surface area contributed by atoms with Crippen LogP contribution in [0.15, 0.2) is 48.0 Å². The molecular formula is C18H11F4NaO4. The van der Waals surface area contributed by atoms with E-state index in [2.05, 4.69) is 0 Å². The van der Waals surface area contributed by atoms with Crippen LogP contribution in [0.4, 0.5) is 17.6 Å². The van der Waals surface area contributed by atoms with Gasteiger partial charge in [-0.25, -0.2) is 4.39 Å². The number of aliphatic carboxylic acids is 1. The van der Waals surface area contributed by atoms with Crippen LogP contribution in [0.5, 0.6) is 11.5 Å². The molecule has 0 N–H and O–H groups in total. The van der Waals surface area contributed by atoms with Crippen molar-refractivity contribution in [3.8, 4) is 11.5 Å². The van der Waals surface area contributed by atoms with Gasteiger partial charge in [0.1, 0.15) is 17.3 Å². The molecule has 0 fully saturated rings. The summed E-state index contributed by atoms with van der Waals surface area (Å²) in [7, 11) is 0. The van der Waals surface area contributed by atoms with Crippen LogP contribution >= 0.6 is 0 Å². The van der Waals surface area contributed by atoms with Crippen LogP contribution < -0.4 is 44.1 Å². The van der Waals surface area contributed by atoms with E-state index in [1.807, 2.05) is 0 Å². The number of carbonyl (C=O) groups excluding carboxylic acids is 1. The predicted octanol–water partition coefficient (Wildman–Crippen LogP) is 0.00142. The van der Waals surface area contributed by atoms with Gasteiger partial charge in [0, 0.05) is 11.6 Å². The number of benzene rings is 2. The summed E-state index contributed by atoms with van der Waals surface area (Å²) in [5.74, 6) is -7.39. The number of alkyl halides is 3. The average molecular weight is 390 g/mol. The first-order chi connectivity index (χ1) is 12.1. The summed E-state index contributed by atoms with van der Waals surface area (Å²) in [6.07, 6.45) is -4.53. The largest absolute Gasteiger partial charge is 1.00 e. The number of hydrogen-bond acceptors (Lipinski definition) is 4. The van der Waals surface area contributed by atoms with Gasteiger partial charge in [-0.15, -0.1) is 0 Å². The number of halogens is 4. The van der Waals surface area contributed by atoms with Gasteiger partial charge in [-0.2, -0.15) is 13.2 Å². The van der Waals surface area contributed by atoms with Crippen LogP contribution in [-0.4, -0.2) is 17.9 Å².